The molecule has 1 unspecified atom stereocenters. The minimum atomic E-state index is 0.337. The Kier molecular flexibility index (Phi) is 5.73. The molecule has 1 saturated heterocycles. The zero-order valence-corrected chi connectivity index (χ0v) is 11.4. The maximum absolute atomic E-state index is 5.66. The Labute approximate surface area is 101 Å². The second kappa shape index (κ2) is 6.58. The molecule has 96 valence electrons. The van der Waals surface area contributed by atoms with Crippen LogP contribution in [-0.4, -0.2) is 50.8 Å². The fourth-order valence-electron chi connectivity index (χ4n) is 2.45. The monoisotopic (exact) mass is 228 g/mol. The molecule has 0 aliphatic carbocycles. The topological polar surface area (TPSA) is 24.5 Å². The van der Waals surface area contributed by atoms with Crippen molar-refractivity contribution in [2.24, 2.45) is 5.41 Å². The van der Waals surface area contributed by atoms with E-state index in [1.54, 1.807) is 0 Å². The van der Waals surface area contributed by atoms with Gasteiger partial charge in [-0.3, -0.25) is 0 Å². The van der Waals surface area contributed by atoms with Gasteiger partial charge in [-0.1, -0.05) is 20.8 Å². The molecule has 3 heteroatoms. The average molecular weight is 228 g/mol. The van der Waals surface area contributed by atoms with Crippen molar-refractivity contribution in [3.8, 4) is 0 Å². The highest BCUT2D eigenvalue weighted by Crippen LogP contribution is 2.18. The van der Waals surface area contributed by atoms with Crippen molar-refractivity contribution in [2.45, 2.75) is 39.7 Å². The third kappa shape index (κ3) is 5.28. The molecule has 0 bridgehead atoms. The van der Waals surface area contributed by atoms with Gasteiger partial charge in [-0.05, 0) is 31.8 Å². The van der Waals surface area contributed by atoms with Crippen molar-refractivity contribution in [2.75, 3.05) is 39.8 Å². The summed E-state index contributed by atoms with van der Waals surface area (Å²) >= 11 is 0. The van der Waals surface area contributed by atoms with Crippen molar-refractivity contribution >= 4 is 0 Å². The summed E-state index contributed by atoms with van der Waals surface area (Å²) in [5.74, 6) is 0. The molecule has 1 rings (SSSR count). The standard InChI is InChI=1S/C13H28N2O/c1-5-14-10-13(2,3)11-15(4)9-12-7-6-8-16-12/h12,14H,5-11H2,1-4H3. The van der Waals surface area contributed by atoms with Gasteiger partial charge in [0.25, 0.3) is 0 Å². The van der Waals surface area contributed by atoms with Gasteiger partial charge in [0.05, 0.1) is 6.10 Å². The van der Waals surface area contributed by atoms with Crippen LogP contribution < -0.4 is 5.32 Å². The van der Waals surface area contributed by atoms with Crippen LogP contribution >= 0.6 is 0 Å². The number of hydrogen-bond donors (Lipinski definition) is 1. The minimum absolute atomic E-state index is 0.337. The molecule has 0 aromatic heterocycles. The molecule has 16 heavy (non-hydrogen) atoms. The number of ether oxygens (including phenoxy) is 1. The highest BCUT2D eigenvalue weighted by atomic mass is 16.5. The summed E-state index contributed by atoms with van der Waals surface area (Å²) in [6.45, 7) is 12.1. The maximum atomic E-state index is 5.66. The number of hydrogen-bond acceptors (Lipinski definition) is 3. The van der Waals surface area contributed by atoms with Gasteiger partial charge in [0.15, 0.2) is 0 Å². The average Bonchev–Trinajstić information content (AvgIpc) is 2.66. The van der Waals surface area contributed by atoms with E-state index in [0.717, 1.165) is 32.8 Å². The number of likely N-dealkylation sites (N-methyl/N-ethyl adjacent to an activating group) is 1. The molecular formula is C13H28N2O. The van der Waals surface area contributed by atoms with E-state index < -0.39 is 0 Å². The maximum Gasteiger partial charge on any atom is 0.0702 e. The molecule has 1 heterocycles. The summed E-state index contributed by atoms with van der Waals surface area (Å²) in [5, 5.41) is 3.43. The normalized spacial score (nSPS) is 21.9. The van der Waals surface area contributed by atoms with Crippen molar-refractivity contribution in [3.63, 3.8) is 0 Å². The predicted octanol–water partition coefficient (Wildman–Crippen LogP) is 1.73. The van der Waals surface area contributed by atoms with Gasteiger partial charge < -0.3 is 15.0 Å². The van der Waals surface area contributed by atoms with Crippen LogP contribution in [-0.2, 0) is 4.74 Å². The molecular weight excluding hydrogens is 200 g/mol. The number of nitrogens with one attached hydrogen (secondary N) is 1. The van der Waals surface area contributed by atoms with Crippen LogP contribution in [0.5, 0.6) is 0 Å². The van der Waals surface area contributed by atoms with Gasteiger partial charge in [0, 0.05) is 26.2 Å². The van der Waals surface area contributed by atoms with Crippen LogP contribution in [0.3, 0.4) is 0 Å². The highest BCUT2D eigenvalue weighted by molar-refractivity contribution is 4.77. The minimum Gasteiger partial charge on any atom is -0.377 e. The SMILES string of the molecule is CCNCC(C)(C)CN(C)CC1CCCO1. The molecule has 3 nitrogen and oxygen atoms in total. The van der Waals surface area contributed by atoms with Gasteiger partial charge >= 0.3 is 0 Å². The first-order chi connectivity index (χ1) is 7.53. The van der Waals surface area contributed by atoms with Gasteiger partial charge in [0.1, 0.15) is 0 Å². The van der Waals surface area contributed by atoms with Crippen LogP contribution in [0.25, 0.3) is 0 Å². The second-order valence-corrected chi connectivity index (χ2v) is 5.78. The van der Waals surface area contributed by atoms with Crippen molar-refractivity contribution < 1.29 is 4.74 Å². The van der Waals surface area contributed by atoms with Crippen molar-refractivity contribution in [1.82, 2.24) is 10.2 Å². The Balaban J connectivity index is 2.22. The van der Waals surface area contributed by atoms with Crippen LogP contribution in [0.2, 0.25) is 0 Å². The number of nitrogens with zero attached hydrogens (tertiary/aromatic N) is 1. The zero-order chi connectivity index (χ0) is 12.0. The Morgan fingerprint density at radius 1 is 1.44 bits per heavy atom. The predicted molar refractivity (Wildman–Crippen MR) is 68.8 cm³/mol. The lowest BCUT2D eigenvalue weighted by atomic mass is 9.92. The van der Waals surface area contributed by atoms with E-state index >= 15 is 0 Å². The summed E-state index contributed by atoms with van der Waals surface area (Å²) in [6.07, 6.45) is 2.94. The van der Waals surface area contributed by atoms with Crippen molar-refractivity contribution in [3.05, 3.63) is 0 Å². The third-order valence-electron chi connectivity index (χ3n) is 3.09. The molecule has 0 aromatic rings. The van der Waals surface area contributed by atoms with Crippen LogP contribution in [0.15, 0.2) is 0 Å². The lowest BCUT2D eigenvalue weighted by Crippen LogP contribution is -2.41. The largest absolute Gasteiger partial charge is 0.377 e. The number of rotatable bonds is 7. The molecule has 1 aliphatic rings. The fraction of sp³-hybridized carbons (Fsp3) is 1.00. The Morgan fingerprint density at radius 2 is 2.19 bits per heavy atom. The highest BCUT2D eigenvalue weighted by Gasteiger charge is 2.23. The lowest BCUT2D eigenvalue weighted by Gasteiger charge is -2.31. The summed E-state index contributed by atoms with van der Waals surface area (Å²) in [4.78, 5) is 2.41. The lowest BCUT2D eigenvalue weighted by molar-refractivity contribution is 0.0695. The van der Waals surface area contributed by atoms with Gasteiger partial charge in [-0.25, -0.2) is 0 Å². The Morgan fingerprint density at radius 3 is 2.75 bits per heavy atom. The Bertz CT molecular complexity index is 188. The fourth-order valence-corrected chi connectivity index (χ4v) is 2.45. The van der Waals surface area contributed by atoms with E-state index in [0.29, 0.717) is 11.5 Å². The van der Waals surface area contributed by atoms with E-state index in [1.807, 2.05) is 0 Å². The first kappa shape index (κ1) is 13.9. The second-order valence-electron chi connectivity index (χ2n) is 5.78. The molecule has 1 N–H and O–H groups in total. The smallest absolute Gasteiger partial charge is 0.0702 e. The summed E-state index contributed by atoms with van der Waals surface area (Å²) < 4.78 is 5.66. The van der Waals surface area contributed by atoms with E-state index in [2.05, 4.69) is 38.0 Å². The summed E-state index contributed by atoms with van der Waals surface area (Å²) in [6, 6.07) is 0. The van der Waals surface area contributed by atoms with Crippen molar-refractivity contribution in [1.29, 1.82) is 0 Å². The molecule has 1 aliphatic heterocycles. The van der Waals surface area contributed by atoms with Crippen LogP contribution in [0, 0.1) is 5.41 Å². The molecule has 1 fully saturated rings. The van der Waals surface area contributed by atoms with Gasteiger partial charge in [-0.2, -0.15) is 0 Å². The van der Waals surface area contributed by atoms with E-state index in [4.69, 9.17) is 4.74 Å². The zero-order valence-electron chi connectivity index (χ0n) is 11.4. The molecule has 0 amide bonds. The quantitative estimate of drug-likeness (QED) is 0.718. The molecule has 1 atom stereocenters. The molecule has 0 radical (unpaired) electrons. The van der Waals surface area contributed by atoms with E-state index in [9.17, 15) is 0 Å². The van der Waals surface area contributed by atoms with E-state index in [1.165, 1.54) is 12.8 Å². The van der Waals surface area contributed by atoms with Gasteiger partial charge in [-0.15, -0.1) is 0 Å². The molecule has 0 saturated carbocycles. The first-order valence-electron chi connectivity index (χ1n) is 6.54. The first-order valence-corrected chi connectivity index (χ1v) is 6.54. The van der Waals surface area contributed by atoms with Crippen LogP contribution in [0.1, 0.15) is 33.6 Å². The van der Waals surface area contributed by atoms with Crippen LogP contribution in [0.4, 0.5) is 0 Å². The summed E-state index contributed by atoms with van der Waals surface area (Å²) in [5.41, 5.74) is 0.337. The molecule has 0 aromatic carbocycles. The Hall–Kier alpha value is -0.120. The molecule has 0 spiro atoms. The summed E-state index contributed by atoms with van der Waals surface area (Å²) in [7, 11) is 2.20. The van der Waals surface area contributed by atoms with E-state index in [-0.39, 0.29) is 0 Å². The van der Waals surface area contributed by atoms with Gasteiger partial charge in [0.2, 0.25) is 0 Å². The third-order valence-corrected chi connectivity index (χ3v) is 3.09.